The Kier molecular flexibility index (Phi) is 7.65. The average Bonchev–Trinajstić information content (AvgIpc) is 2.34. The first kappa shape index (κ1) is 14.8. The number of hydrogen-bond acceptors (Lipinski definition) is 2. The molecule has 0 aliphatic heterocycles. The highest BCUT2D eigenvalue weighted by molar-refractivity contribution is 9.09. The van der Waals surface area contributed by atoms with Crippen LogP contribution in [0.4, 0.5) is 0 Å². The fourth-order valence-corrected chi connectivity index (χ4v) is 2.22. The average molecular weight is 321 g/mol. The minimum absolute atomic E-state index is 0.752. The summed E-state index contributed by atoms with van der Waals surface area (Å²) in [6, 6.07) is 5.70. The third kappa shape index (κ3) is 5.75. The number of rotatable bonds is 8. The number of benzene rings is 1. The highest BCUT2D eigenvalue weighted by Crippen LogP contribution is 2.22. The van der Waals surface area contributed by atoms with Crippen molar-refractivity contribution in [2.24, 2.45) is 0 Å². The molecule has 0 amide bonds. The lowest BCUT2D eigenvalue weighted by Crippen LogP contribution is -2.15. The van der Waals surface area contributed by atoms with Crippen LogP contribution in [-0.4, -0.2) is 19.0 Å². The van der Waals surface area contributed by atoms with E-state index in [1.54, 1.807) is 7.11 Å². The molecule has 2 nitrogen and oxygen atoms in total. The zero-order valence-corrected chi connectivity index (χ0v) is 12.5. The van der Waals surface area contributed by atoms with Gasteiger partial charge in [0, 0.05) is 22.5 Å². The van der Waals surface area contributed by atoms with Crippen LogP contribution in [0.2, 0.25) is 5.02 Å². The molecule has 0 aliphatic rings. The van der Waals surface area contributed by atoms with Crippen molar-refractivity contribution in [3.8, 4) is 5.75 Å². The maximum Gasteiger partial charge on any atom is 0.123 e. The summed E-state index contributed by atoms with van der Waals surface area (Å²) < 4.78 is 5.29. The Balaban J connectivity index is 2.32. The molecule has 0 unspecified atom stereocenters. The van der Waals surface area contributed by atoms with Crippen LogP contribution in [-0.2, 0) is 6.54 Å². The molecule has 1 aromatic carbocycles. The zero-order valence-electron chi connectivity index (χ0n) is 10.1. The van der Waals surface area contributed by atoms with Crippen LogP contribution in [0.5, 0.6) is 5.75 Å². The summed E-state index contributed by atoms with van der Waals surface area (Å²) >= 11 is 9.40. The van der Waals surface area contributed by atoms with Gasteiger partial charge in [-0.2, -0.15) is 0 Å². The Morgan fingerprint density at radius 3 is 2.82 bits per heavy atom. The topological polar surface area (TPSA) is 21.3 Å². The number of hydrogen-bond donors (Lipinski definition) is 1. The lowest BCUT2D eigenvalue weighted by atomic mass is 10.2. The number of methoxy groups -OCH3 is 1. The van der Waals surface area contributed by atoms with E-state index in [4.69, 9.17) is 16.3 Å². The van der Waals surface area contributed by atoms with Crippen LogP contribution in [0.1, 0.15) is 24.8 Å². The number of nitrogens with one attached hydrogen (secondary N) is 1. The molecule has 0 radical (unpaired) electrons. The van der Waals surface area contributed by atoms with Crippen molar-refractivity contribution in [2.75, 3.05) is 19.0 Å². The summed E-state index contributed by atoms with van der Waals surface area (Å²) in [5, 5.41) is 5.25. The van der Waals surface area contributed by atoms with E-state index < -0.39 is 0 Å². The van der Waals surface area contributed by atoms with Gasteiger partial charge in [0.2, 0.25) is 0 Å². The molecule has 1 aromatic rings. The fraction of sp³-hybridized carbons (Fsp3) is 0.538. The fourth-order valence-electron chi connectivity index (χ4n) is 1.63. The second-order valence-electron chi connectivity index (χ2n) is 3.88. The van der Waals surface area contributed by atoms with E-state index >= 15 is 0 Å². The Hall–Kier alpha value is -0.250. The van der Waals surface area contributed by atoms with Crippen molar-refractivity contribution >= 4 is 27.5 Å². The number of halogens is 2. The van der Waals surface area contributed by atoms with Gasteiger partial charge in [-0.05, 0) is 37.6 Å². The van der Waals surface area contributed by atoms with E-state index in [9.17, 15) is 0 Å². The van der Waals surface area contributed by atoms with Crippen LogP contribution >= 0.6 is 27.5 Å². The van der Waals surface area contributed by atoms with E-state index in [2.05, 4.69) is 21.2 Å². The van der Waals surface area contributed by atoms with Gasteiger partial charge in [-0.3, -0.25) is 0 Å². The SMILES string of the molecule is COc1ccc(Cl)cc1CNCCCCCBr. The van der Waals surface area contributed by atoms with Crippen LogP contribution in [0.3, 0.4) is 0 Å². The zero-order chi connectivity index (χ0) is 12.5. The van der Waals surface area contributed by atoms with Gasteiger partial charge in [-0.1, -0.05) is 34.0 Å². The maximum atomic E-state index is 5.97. The standard InChI is InChI=1S/C13H19BrClNO/c1-17-13-6-5-12(15)9-11(13)10-16-8-4-2-3-7-14/h5-6,9,16H,2-4,7-8,10H2,1H3. The first-order chi connectivity index (χ1) is 8.27. The highest BCUT2D eigenvalue weighted by Gasteiger charge is 2.02. The summed E-state index contributed by atoms with van der Waals surface area (Å²) in [5.41, 5.74) is 1.11. The molecule has 0 bridgehead atoms. The maximum absolute atomic E-state index is 5.97. The van der Waals surface area contributed by atoms with Crippen LogP contribution in [0.25, 0.3) is 0 Å². The molecule has 0 saturated carbocycles. The van der Waals surface area contributed by atoms with E-state index in [-0.39, 0.29) is 0 Å². The summed E-state index contributed by atoms with van der Waals surface area (Å²) in [7, 11) is 1.68. The first-order valence-electron chi connectivity index (χ1n) is 5.87. The minimum atomic E-state index is 0.752. The molecule has 0 spiro atoms. The molecular weight excluding hydrogens is 302 g/mol. The molecule has 96 valence electrons. The monoisotopic (exact) mass is 319 g/mol. The van der Waals surface area contributed by atoms with Gasteiger partial charge in [0.05, 0.1) is 7.11 Å². The van der Waals surface area contributed by atoms with Gasteiger partial charge >= 0.3 is 0 Å². The molecule has 0 heterocycles. The van der Waals surface area contributed by atoms with E-state index in [0.29, 0.717) is 0 Å². The van der Waals surface area contributed by atoms with Gasteiger partial charge in [-0.25, -0.2) is 0 Å². The van der Waals surface area contributed by atoms with Gasteiger partial charge in [0.25, 0.3) is 0 Å². The van der Waals surface area contributed by atoms with E-state index in [1.807, 2.05) is 18.2 Å². The number of unbranched alkanes of at least 4 members (excludes halogenated alkanes) is 2. The Morgan fingerprint density at radius 1 is 1.29 bits per heavy atom. The molecule has 0 aromatic heterocycles. The van der Waals surface area contributed by atoms with Gasteiger partial charge < -0.3 is 10.1 Å². The molecule has 0 saturated heterocycles. The molecule has 0 aliphatic carbocycles. The van der Waals surface area contributed by atoms with Gasteiger partial charge in [-0.15, -0.1) is 0 Å². The second-order valence-corrected chi connectivity index (χ2v) is 5.11. The molecule has 0 atom stereocenters. The quantitative estimate of drug-likeness (QED) is 0.577. The lowest BCUT2D eigenvalue weighted by Gasteiger charge is -2.10. The third-order valence-electron chi connectivity index (χ3n) is 2.55. The van der Waals surface area contributed by atoms with Crippen molar-refractivity contribution in [1.29, 1.82) is 0 Å². The number of ether oxygens (including phenoxy) is 1. The molecule has 1 rings (SSSR count). The summed E-state index contributed by atoms with van der Waals surface area (Å²) in [4.78, 5) is 0. The smallest absolute Gasteiger partial charge is 0.123 e. The Bertz CT molecular complexity index is 333. The summed E-state index contributed by atoms with van der Waals surface area (Å²) in [6.07, 6.45) is 3.70. The predicted octanol–water partition coefficient (Wildman–Crippen LogP) is 4.00. The third-order valence-corrected chi connectivity index (χ3v) is 3.34. The van der Waals surface area contributed by atoms with Gasteiger partial charge in [0.15, 0.2) is 0 Å². The first-order valence-corrected chi connectivity index (χ1v) is 7.37. The lowest BCUT2D eigenvalue weighted by molar-refractivity contribution is 0.407. The Morgan fingerprint density at radius 2 is 2.12 bits per heavy atom. The molecule has 1 N–H and O–H groups in total. The summed E-state index contributed by atoms with van der Waals surface area (Å²) in [6.45, 7) is 1.83. The highest BCUT2D eigenvalue weighted by atomic mass is 79.9. The van der Waals surface area contributed by atoms with Crippen molar-refractivity contribution in [1.82, 2.24) is 5.32 Å². The normalized spacial score (nSPS) is 10.5. The van der Waals surface area contributed by atoms with Crippen LogP contribution in [0, 0.1) is 0 Å². The predicted molar refractivity (Wildman–Crippen MR) is 77.4 cm³/mol. The van der Waals surface area contributed by atoms with Crippen LogP contribution in [0.15, 0.2) is 18.2 Å². The molecule has 17 heavy (non-hydrogen) atoms. The minimum Gasteiger partial charge on any atom is -0.496 e. The van der Waals surface area contributed by atoms with Gasteiger partial charge in [0.1, 0.15) is 5.75 Å². The summed E-state index contributed by atoms with van der Waals surface area (Å²) in [5.74, 6) is 0.891. The molecule has 0 fully saturated rings. The second kappa shape index (κ2) is 8.78. The largest absolute Gasteiger partial charge is 0.496 e. The van der Waals surface area contributed by atoms with E-state index in [0.717, 1.165) is 34.8 Å². The van der Waals surface area contributed by atoms with Crippen LogP contribution < -0.4 is 10.1 Å². The molecule has 4 heteroatoms. The molecular formula is C13H19BrClNO. The Labute approximate surface area is 117 Å². The number of alkyl halides is 1. The van der Waals surface area contributed by atoms with Crippen molar-refractivity contribution < 1.29 is 4.74 Å². The van der Waals surface area contributed by atoms with Crippen molar-refractivity contribution in [3.63, 3.8) is 0 Å². The van der Waals surface area contributed by atoms with Crippen molar-refractivity contribution in [2.45, 2.75) is 25.8 Å². The van der Waals surface area contributed by atoms with Crippen molar-refractivity contribution in [3.05, 3.63) is 28.8 Å². The van der Waals surface area contributed by atoms with E-state index in [1.165, 1.54) is 19.3 Å².